The van der Waals surface area contributed by atoms with Gasteiger partial charge in [-0.1, -0.05) is 145 Å². The molecule has 0 bridgehead atoms. The molecule has 0 spiro atoms. The van der Waals surface area contributed by atoms with Gasteiger partial charge < -0.3 is 28.5 Å². The summed E-state index contributed by atoms with van der Waals surface area (Å²) in [6.07, 6.45) is 3.93. The summed E-state index contributed by atoms with van der Waals surface area (Å²) in [5, 5.41) is 15.7. The van der Waals surface area contributed by atoms with Crippen LogP contribution >= 0.6 is 0 Å². The molecule has 1 aliphatic heterocycles. The van der Waals surface area contributed by atoms with E-state index in [4.69, 9.17) is 13.6 Å². The molecule has 0 amide bonds. The monoisotopic (exact) mass is 1060 g/mol. The molecule has 0 saturated carbocycles. The average molecular weight is 1060 g/mol. The number of hydrogen-bond acceptors (Lipinski definition) is 6. The predicted octanol–water partition coefficient (Wildman–Crippen LogP) is 22.0. The van der Waals surface area contributed by atoms with Crippen LogP contribution in [0.15, 0.2) is 245 Å². The zero-order valence-electron chi connectivity index (χ0n) is 46.8. The van der Waals surface area contributed by atoms with Crippen LogP contribution in [0.2, 0.25) is 0 Å². The minimum absolute atomic E-state index is 0.00856. The smallest absolute Gasteiger partial charge is 0.142 e. The largest absolute Gasteiger partial charge is 0.507 e. The molecule has 2 aromatic heterocycles. The molecule has 81 heavy (non-hydrogen) atoms. The number of furan rings is 2. The summed E-state index contributed by atoms with van der Waals surface area (Å²) >= 11 is 0. The Morgan fingerprint density at radius 3 is 1.53 bits per heavy atom. The third kappa shape index (κ3) is 10.9. The molecule has 0 radical (unpaired) electrons. The highest BCUT2D eigenvalue weighted by Crippen LogP contribution is 2.42. The van der Waals surface area contributed by atoms with E-state index in [1.165, 1.54) is 23.1 Å². The fourth-order valence-corrected chi connectivity index (χ4v) is 10.9. The van der Waals surface area contributed by atoms with Crippen LogP contribution in [0.5, 0.6) is 5.75 Å². The number of benzene rings is 10. The number of nitrogens with zero attached hydrogens (tertiary/aromatic N) is 2. The normalized spacial score (nSPS) is 13.1. The zero-order chi connectivity index (χ0) is 55.6. The fraction of sp³-hybridized carbons (Fsp3) is 0.147. The lowest BCUT2D eigenvalue weighted by molar-refractivity contribution is 0.239. The number of ether oxygens (including phenoxy) is 1. The van der Waals surface area contributed by atoms with E-state index in [1.807, 2.05) is 54.6 Å². The number of fused-ring (bicyclic) bond motifs is 5. The van der Waals surface area contributed by atoms with Crippen molar-refractivity contribution in [3.05, 3.63) is 270 Å². The summed E-state index contributed by atoms with van der Waals surface area (Å²) in [7, 11) is 0. The Hall–Kier alpha value is -9.52. The van der Waals surface area contributed by atoms with Crippen LogP contribution in [0, 0.1) is 0 Å². The summed E-state index contributed by atoms with van der Waals surface area (Å²) in [5.41, 5.74) is 16.5. The maximum absolute atomic E-state index is 11.6. The van der Waals surface area contributed by atoms with Gasteiger partial charge in [-0.05, 0) is 191 Å². The quantitative estimate of drug-likeness (QED) is 0.0917. The lowest BCUT2D eigenvalue weighted by Gasteiger charge is -2.26. The first kappa shape index (κ1) is 52.2. The van der Waals surface area contributed by atoms with Crippen LogP contribution in [0.4, 0.5) is 34.1 Å². The second-order valence-corrected chi connectivity index (χ2v) is 21.8. The van der Waals surface area contributed by atoms with Gasteiger partial charge in [-0.25, -0.2) is 0 Å². The van der Waals surface area contributed by atoms with Gasteiger partial charge in [-0.15, -0.1) is 0 Å². The number of aliphatic hydroxyl groups is 1. The maximum Gasteiger partial charge on any atom is 0.142 e. The molecule has 1 atom stereocenters. The van der Waals surface area contributed by atoms with Crippen LogP contribution in [0.1, 0.15) is 99.3 Å². The average Bonchev–Trinajstić information content (AvgIpc) is 4.47. The highest BCUT2D eigenvalue weighted by molar-refractivity contribution is 6.06. The van der Waals surface area contributed by atoms with Crippen molar-refractivity contribution in [3.63, 3.8) is 0 Å². The number of anilines is 6. The molecular weight excluding hydrogens is 993 g/mol. The van der Waals surface area contributed by atoms with E-state index < -0.39 is 0 Å². The van der Waals surface area contributed by atoms with Crippen LogP contribution in [-0.2, 0) is 6.42 Å². The Balaban J connectivity index is 0.00000212. The van der Waals surface area contributed by atoms with Crippen molar-refractivity contribution in [1.82, 2.24) is 0 Å². The minimum atomic E-state index is -0.00856. The van der Waals surface area contributed by atoms with E-state index in [9.17, 15) is 5.11 Å². The molecule has 6 heteroatoms. The number of hydrogen-bond donors (Lipinski definition) is 1. The second kappa shape index (κ2) is 22.7. The van der Waals surface area contributed by atoms with Crippen molar-refractivity contribution >= 4 is 78.7 Å². The highest BCUT2D eigenvalue weighted by Gasteiger charge is 2.25. The molecule has 10 aromatic carbocycles. The summed E-state index contributed by atoms with van der Waals surface area (Å²) in [4.78, 5) is 4.55. The van der Waals surface area contributed by atoms with Crippen molar-refractivity contribution in [2.75, 3.05) is 9.80 Å². The van der Waals surface area contributed by atoms with E-state index in [0.29, 0.717) is 11.8 Å². The topological polar surface area (TPSA) is 62.2 Å². The van der Waals surface area contributed by atoms with Gasteiger partial charge in [0, 0.05) is 73.4 Å². The molecule has 6 nitrogen and oxygen atoms in total. The zero-order valence-corrected chi connectivity index (χ0v) is 46.8. The molecule has 1 N–H and O–H groups in total. The Kier molecular flexibility index (Phi) is 14.6. The molecule has 0 fully saturated rings. The van der Waals surface area contributed by atoms with Gasteiger partial charge >= 0.3 is 0 Å². The molecular formula is C75H66N2O4. The van der Waals surface area contributed by atoms with Gasteiger partial charge in [-0.3, -0.25) is 0 Å². The SMILES string of the molecule is CC(C)c1ccc(N(c2ccc(-c3cc4ccccc4o3)cc2)c2ccc(-c3cc4ccc5cc(/C=C(\O)c6ccc(N(c7ccc(C(C)C)cc7)c7ccc(C8Cc9ccccc9O8)cc7)cc6)ccc5c4o3)cc2)cc1.CCC. The van der Waals surface area contributed by atoms with Crippen molar-refractivity contribution < 1.29 is 18.7 Å². The standard InChI is InChI=1S/C72H58N2O4.C3H8/c1-46(2)49-16-28-59(29-17-49)73(62-34-22-52(23-35-62)69-43-56-9-5-7-11-67(56)76-69)61-32-20-51(21-33-61)66(75)42-48-13-40-65-55(41-48)14-15-58-45-71(78-72(58)65)54-26-38-64(39-27-54)74(60-30-18-50(19-31-60)47(3)4)63-36-24-53(25-37-63)70-44-57-10-6-8-12-68(57)77-70;1-3-2/h5-42,44-47,69,75H,43H2,1-4H3;3H2,1-2H3/b66-42-;. The lowest BCUT2D eigenvalue weighted by Crippen LogP contribution is -2.11. The van der Waals surface area contributed by atoms with E-state index >= 15 is 0 Å². The van der Waals surface area contributed by atoms with Gasteiger partial charge in [0.25, 0.3) is 0 Å². The van der Waals surface area contributed by atoms with Gasteiger partial charge in [0.15, 0.2) is 0 Å². The first-order valence-electron chi connectivity index (χ1n) is 28.4. The molecule has 1 aliphatic rings. The number of rotatable bonds is 13. The Morgan fingerprint density at radius 1 is 0.494 bits per heavy atom. The Bertz CT molecular complexity index is 4090. The summed E-state index contributed by atoms with van der Waals surface area (Å²) in [5.74, 6) is 3.66. The molecule has 0 aliphatic carbocycles. The van der Waals surface area contributed by atoms with Gasteiger partial charge in [-0.2, -0.15) is 0 Å². The Morgan fingerprint density at radius 2 is 0.975 bits per heavy atom. The van der Waals surface area contributed by atoms with E-state index in [-0.39, 0.29) is 11.9 Å². The summed E-state index contributed by atoms with van der Waals surface area (Å²) in [6.45, 7) is 13.1. The van der Waals surface area contributed by atoms with Crippen molar-refractivity contribution in [3.8, 4) is 28.4 Å². The van der Waals surface area contributed by atoms with E-state index in [1.54, 1.807) is 0 Å². The first-order valence-corrected chi connectivity index (χ1v) is 28.4. The van der Waals surface area contributed by atoms with Crippen LogP contribution in [0.25, 0.3) is 67.2 Å². The molecule has 3 heterocycles. The summed E-state index contributed by atoms with van der Waals surface area (Å²) in [6, 6.07) is 82.7. The van der Waals surface area contributed by atoms with Gasteiger partial charge in [0.1, 0.15) is 40.3 Å². The third-order valence-electron chi connectivity index (χ3n) is 15.3. The number of para-hydroxylation sites is 2. The van der Waals surface area contributed by atoms with Crippen LogP contribution in [0.3, 0.4) is 0 Å². The summed E-state index contributed by atoms with van der Waals surface area (Å²) < 4.78 is 19.2. The van der Waals surface area contributed by atoms with E-state index in [0.717, 1.165) is 118 Å². The minimum Gasteiger partial charge on any atom is -0.507 e. The predicted molar refractivity (Wildman–Crippen MR) is 338 cm³/mol. The molecule has 400 valence electrons. The van der Waals surface area contributed by atoms with Crippen LogP contribution in [-0.4, -0.2) is 5.11 Å². The van der Waals surface area contributed by atoms with Gasteiger partial charge in [0.2, 0.25) is 0 Å². The first-order chi connectivity index (χ1) is 39.6. The fourth-order valence-electron chi connectivity index (χ4n) is 10.9. The number of aliphatic hydroxyl groups excluding tert-OH is 1. The van der Waals surface area contributed by atoms with Crippen molar-refractivity contribution in [2.45, 2.75) is 72.3 Å². The van der Waals surface area contributed by atoms with Crippen LogP contribution < -0.4 is 14.5 Å². The van der Waals surface area contributed by atoms with E-state index in [2.05, 4.69) is 239 Å². The molecule has 12 aromatic rings. The molecule has 13 rings (SSSR count). The Labute approximate surface area is 475 Å². The third-order valence-corrected chi connectivity index (χ3v) is 15.3. The molecule has 0 saturated heterocycles. The highest BCUT2D eigenvalue weighted by atomic mass is 16.5. The second-order valence-electron chi connectivity index (χ2n) is 21.8. The van der Waals surface area contributed by atoms with Crippen molar-refractivity contribution in [2.24, 2.45) is 0 Å². The maximum atomic E-state index is 11.6. The van der Waals surface area contributed by atoms with Gasteiger partial charge in [0.05, 0.1) is 0 Å². The van der Waals surface area contributed by atoms with Crippen molar-refractivity contribution in [1.29, 1.82) is 0 Å². The molecule has 1 unspecified atom stereocenters. The lowest BCUT2D eigenvalue weighted by atomic mass is 10.0.